The summed E-state index contributed by atoms with van der Waals surface area (Å²) < 4.78 is 0. The van der Waals surface area contributed by atoms with Crippen LogP contribution < -0.4 is 10.2 Å². The van der Waals surface area contributed by atoms with Crippen molar-refractivity contribution in [2.45, 2.75) is 44.2 Å². The molecule has 2 aromatic carbocycles. The zero-order valence-corrected chi connectivity index (χ0v) is 18.8. The molecule has 2 fully saturated rings. The summed E-state index contributed by atoms with van der Waals surface area (Å²) in [4.78, 5) is 18.0. The Hall–Kier alpha value is -2.30. The number of nitrogens with one attached hydrogen (secondary N) is 1. The van der Waals surface area contributed by atoms with Gasteiger partial charge < -0.3 is 10.2 Å². The largest absolute Gasteiger partial charge is 0.369 e. The van der Waals surface area contributed by atoms with Crippen LogP contribution in [0, 0.1) is 0 Å². The Morgan fingerprint density at radius 2 is 1.52 bits per heavy atom. The second-order valence-corrected chi connectivity index (χ2v) is 8.98. The molecule has 1 aliphatic carbocycles. The number of benzene rings is 2. The Balaban J connectivity index is 1.49. The maximum Gasteiger partial charge on any atom is 0.243 e. The number of rotatable bonds is 6. The summed E-state index contributed by atoms with van der Waals surface area (Å²) >= 11 is 6.83. The van der Waals surface area contributed by atoms with Gasteiger partial charge in [-0.2, -0.15) is 0 Å². The minimum Gasteiger partial charge on any atom is -0.369 e. The highest BCUT2D eigenvalue weighted by Gasteiger charge is 2.33. The first-order chi connectivity index (χ1) is 15.2. The Labute approximate surface area is 190 Å². The topological polar surface area (TPSA) is 35.6 Å². The van der Waals surface area contributed by atoms with Crippen molar-refractivity contribution in [2.24, 2.45) is 0 Å². The van der Waals surface area contributed by atoms with Gasteiger partial charge in [-0.25, -0.2) is 0 Å². The highest BCUT2D eigenvalue weighted by Crippen LogP contribution is 2.24. The van der Waals surface area contributed by atoms with E-state index in [0.29, 0.717) is 5.03 Å². The third-order valence-electron chi connectivity index (χ3n) is 6.37. The third kappa shape index (κ3) is 5.90. The van der Waals surface area contributed by atoms with Gasteiger partial charge in [0.1, 0.15) is 6.04 Å². The van der Waals surface area contributed by atoms with Gasteiger partial charge in [-0.1, -0.05) is 79.4 Å². The molecular formula is C26H32ClN3O. The van der Waals surface area contributed by atoms with E-state index in [2.05, 4.69) is 39.4 Å². The molecular weight excluding hydrogens is 406 g/mol. The molecule has 1 heterocycles. The molecule has 1 saturated carbocycles. The van der Waals surface area contributed by atoms with Gasteiger partial charge in [-0.3, -0.25) is 9.69 Å². The molecule has 2 aromatic rings. The molecule has 4 nitrogen and oxygen atoms in total. The zero-order valence-electron chi connectivity index (χ0n) is 18.1. The Morgan fingerprint density at radius 1 is 0.903 bits per heavy atom. The summed E-state index contributed by atoms with van der Waals surface area (Å²) in [5, 5.41) is 3.90. The fourth-order valence-corrected chi connectivity index (χ4v) is 5.02. The molecule has 0 bridgehead atoms. The van der Waals surface area contributed by atoms with Crippen LogP contribution in [-0.2, 0) is 4.79 Å². The van der Waals surface area contributed by atoms with Gasteiger partial charge in [0.15, 0.2) is 0 Å². The number of amides is 1. The normalized spacial score (nSPS) is 19.8. The number of piperazine rings is 1. The van der Waals surface area contributed by atoms with Crippen molar-refractivity contribution in [1.29, 1.82) is 0 Å². The molecule has 1 amide bonds. The molecule has 0 radical (unpaired) electrons. The van der Waals surface area contributed by atoms with E-state index < -0.39 is 6.04 Å². The predicted octanol–water partition coefficient (Wildman–Crippen LogP) is 4.91. The van der Waals surface area contributed by atoms with E-state index in [1.165, 1.54) is 24.9 Å². The number of anilines is 1. The van der Waals surface area contributed by atoms with Gasteiger partial charge in [0.25, 0.3) is 0 Å². The summed E-state index contributed by atoms with van der Waals surface area (Å²) in [6, 6.07) is 20.3. The third-order valence-corrected chi connectivity index (χ3v) is 6.68. The van der Waals surface area contributed by atoms with Gasteiger partial charge >= 0.3 is 0 Å². The molecule has 2 aliphatic rings. The van der Waals surface area contributed by atoms with Gasteiger partial charge in [0.2, 0.25) is 5.91 Å². The maximum atomic E-state index is 13.4. The minimum absolute atomic E-state index is 0.0391. The number of carbonyl (C=O) groups is 1. The smallest absolute Gasteiger partial charge is 0.243 e. The van der Waals surface area contributed by atoms with Crippen LogP contribution in [-0.4, -0.2) is 49.1 Å². The lowest BCUT2D eigenvalue weighted by Crippen LogP contribution is -2.56. The summed E-state index contributed by atoms with van der Waals surface area (Å²) in [5.74, 6) is 0.0391. The highest BCUT2D eigenvalue weighted by atomic mass is 35.5. The number of carbonyl (C=O) groups excluding carboxylic acids is 1. The number of hydrogen-bond acceptors (Lipinski definition) is 3. The van der Waals surface area contributed by atoms with Gasteiger partial charge in [-0.15, -0.1) is 0 Å². The fourth-order valence-electron chi connectivity index (χ4n) is 4.66. The molecule has 0 unspecified atom stereocenters. The molecule has 0 spiro atoms. The zero-order chi connectivity index (χ0) is 21.5. The second-order valence-electron chi connectivity index (χ2n) is 8.54. The van der Waals surface area contributed by atoms with E-state index in [1.807, 2.05) is 42.5 Å². The summed E-state index contributed by atoms with van der Waals surface area (Å²) in [6.07, 6.45) is 7.74. The first-order valence-corrected chi connectivity index (χ1v) is 11.8. The maximum absolute atomic E-state index is 13.4. The lowest BCUT2D eigenvalue weighted by atomic mass is 9.95. The van der Waals surface area contributed by atoms with E-state index >= 15 is 0 Å². The molecule has 1 aliphatic heterocycles. The van der Waals surface area contributed by atoms with Crippen LogP contribution in [0.25, 0.3) is 6.08 Å². The van der Waals surface area contributed by atoms with E-state index in [4.69, 9.17) is 11.6 Å². The monoisotopic (exact) mass is 437 g/mol. The van der Waals surface area contributed by atoms with Gasteiger partial charge in [-0.05, 0) is 36.6 Å². The van der Waals surface area contributed by atoms with Crippen molar-refractivity contribution < 1.29 is 4.79 Å². The van der Waals surface area contributed by atoms with Crippen molar-refractivity contribution in [3.8, 4) is 0 Å². The van der Waals surface area contributed by atoms with Crippen molar-refractivity contribution in [1.82, 2.24) is 10.2 Å². The van der Waals surface area contributed by atoms with Crippen LogP contribution in [0.1, 0.15) is 37.7 Å². The van der Waals surface area contributed by atoms with Crippen LogP contribution in [0.2, 0.25) is 0 Å². The van der Waals surface area contributed by atoms with Crippen LogP contribution in [0.3, 0.4) is 0 Å². The molecule has 4 rings (SSSR count). The van der Waals surface area contributed by atoms with Gasteiger partial charge in [0.05, 0.1) is 0 Å². The van der Waals surface area contributed by atoms with E-state index in [-0.39, 0.29) is 11.9 Å². The van der Waals surface area contributed by atoms with Crippen molar-refractivity contribution in [2.75, 3.05) is 31.1 Å². The number of nitrogens with zero attached hydrogens (tertiary/aromatic N) is 2. The Kier molecular flexibility index (Phi) is 7.66. The molecule has 1 saturated heterocycles. The molecule has 1 N–H and O–H groups in total. The van der Waals surface area contributed by atoms with Crippen molar-refractivity contribution in [3.05, 3.63) is 71.3 Å². The van der Waals surface area contributed by atoms with Crippen molar-refractivity contribution in [3.63, 3.8) is 0 Å². The standard InChI is InChI=1S/C26H32ClN3O/c27-24(20-21-10-4-1-5-11-21)25(26(31)28-22-12-6-2-7-13-22)30-18-16-29(17-19-30)23-14-8-3-9-15-23/h1,3-5,8-11,14-15,20,22,25H,2,6-7,12-13,16-19H2,(H,28,31)/b24-20-/t25-/m1/s1. The lowest BCUT2D eigenvalue weighted by Gasteiger charge is -2.40. The summed E-state index contributed by atoms with van der Waals surface area (Å²) in [5.41, 5.74) is 2.25. The average Bonchev–Trinajstić information content (AvgIpc) is 2.81. The molecule has 0 aromatic heterocycles. The van der Waals surface area contributed by atoms with Crippen LogP contribution >= 0.6 is 11.6 Å². The van der Waals surface area contributed by atoms with E-state index in [1.54, 1.807) is 0 Å². The Bertz CT molecular complexity index is 857. The number of para-hydroxylation sites is 1. The molecule has 31 heavy (non-hydrogen) atoms. The van der Waals surface area contributed by atoms with E-state index in [9.17, 15) is 4.79 Å². The second kappa shape index (κ2) is 10.8. The lowest BCUT2D eigenvalue weighted by molar-refractivity contribution is -0.126. The summed E-state index contributed by atoms with van der Waals surface area (Å²) in [7, 11) is 0. The number of hydrogen-bond donors (Lipinski definition) is 1. The highest BCUT2D eigenvalue weighted by molar-refractivity contribution is 6.34. The van der Waals surface area contributed by atoms with E-state index in [0.717, 1.165) is 44.6 Å². The predicted molar refractivity (Wildman–Crippen MR) is 129 cm³/mol. The number of halogens is 1. The quantitative estimate of drug-likeness (QED) is 0.697. The Morgan fingerprint density at radius 3 is 2.16 bits per heavy atom. The molecule has 164 valence electrons. The fraction of sp³-hybridized carbons (Fsp3) is 0.423. The minimum atomic E-state index is -0.443. The SMILES string of the molecule is O=C(NC1CCCCC1)[C@@H](/C(Cl)=C/c1ccccc1)N1CCN(c2ccccc2)CC1. The van der Waals surface area contributed by atoms with Gasteiger partial charge in [0, 0.05) is 42.9 Å². The average molecular weight is 438 g/mol. The first kappa shape index (κ1) is 21.9. The molecule has 5 heteroatoms. The van der Waals surface area contributed by atoms with Crippen molar-refractivity contribution >= 4 is 29.3 Å². The first-order valence-electron chi connectivity index (χ1n) is 11.5. The van der Waals surface area contributed by atoms with Crippen LogP contribution in [0.5, 0.6) is 0 Å². The summed E-state index contributed by atoms with van der Waals surface area (Å²) in [6.45, 7) is 3.37. The molecule has 1 atom stereocenters. The van der Waals surface area contributed by atoms with Crippen LogP contribution in [0.4, 0.5) is 5.69 Å². The van der Waals surface area contributed by atoms with Crippen LogP contribution in [0.15, 0.2) is 65.7 Å².